The maximum absolute atomic E-state index is 9.51. The molecule has 12 heteroatoms. The van der Waals surface area contributed by atoms with Crippen LogP contribution in [0.1, 0.15) is 6.42 Å². The SMILES string of the molecule is Nc1ncnc2c1NC(Br)N2C1C[C@@H]2O[P+](O)(O)OCC2O1. The number of fused-ring (bicyclic) bond motifs is 2. The van der Waals surface area contributed by atoms with Gasteiger partial charge in [-0.15, -0.1) is 4.52 Å². The van der Waals surface area contributed by atoms with Crippen molar-refractivity contribution in [2.24, 2.45) is 0 Å². The second-order valence-corrected chi connectivity index (χ2v) is 7.46. The van der Waals surface area contributed by atoms with Crippen molar-refractivity contribution in [1.82, 2.24) is 9.97 Å². The van der Waals surface area contributed by atoms with E-state index in [2.05, 4.69) is 31.2 Å². The monoisotopic (exact) mass is 394 g/mol. The van der Waals surface area contributed by atoms with E-state index in [1.807, 2.05) is 4.90 Å². The molecule has 1 aromatic heterocycles. The van der Waals surface area contributed by atoms with Crippen molar-refractivity contribution in [2.75, 3.05) is 22.6 Å². The number of rotatable bonds is 1. The number of nitrogens with one attached hydrogen (secondary N) is 1. The van der Waals surface area contributed by atoms with Gasteiger partial charge in [0.05, 0.1) is 0 Å². The predicted octanol–water partition coefficient (Wildman–Crippen LogP) is 0.162. The summed E-state index contributed by atoms with van der Waals surface area (Å²) in [4.78, 5) is 29.1. The molecule has 120 valence electrons. The standard InChI is InChI=1S/C10H14BrN5O5P/c11-10-15-7-8(12)13-3-14-9(7)16(10)6-1-4-5(20-6)2-19-22(17,18)21-4/h3-6,10,15,17-18H,1-2H2,(H2,12,13,14)/q+1/t4-,5?,6?,10?/m0/s1. The summed E-state index contributed by atoms with van der Waals surface area (Å²) in [6.45, 7) is 0.0783. The van der Waals surface area contributed by atoms with E-state index in [9.17, 15) is 9.79 Å². The van der Waals surface area contributed by atoms with Crippen LogP contribution < -0.4 is 16.0 Å². The second kappa shape index (κ2) is 5.10. The van der Waals surface area contributed by atoms with Gasteiger partial charge in [0.1, 0.15) is 37.1 Å². The lowest BCUT2D eigenvalue weighted by atomic mass is 10.2. The van der Waals surface area contributed by atoms with Crippen molar-refractivity contribution in [1.29, 1.82) is 0 Å². The summed E-state index contributed by atoms with van der Waals surface area (Å²) in [5.41, 5.74) is 6.47. The first-order valence-corrected chi connectivity index (χ1v) is 9.01. The Bertz CT molecular complexity index is 609. The van der Waals surface area contributed by atoms with E-state index in [1.54, 1.807) is 0 Å². The van der Waals surface area contributed by atoms with Crippen LogP contribution in [0.2, 0.25) is 0 Å². The minimum absolute atomic E-state index is 0.0783. The van der Waals surface area contributed by atoms with Crippen molar-refractivity contribution in [3.63, 3.8) is 0 Å². The highest BCUT2D eigenvalue weighted by molar-refractivity contribution is 9.09. The molecule has 0 radical (unpaired) electrons. The summed E-state index contributed by atoms with van der Waals surface area (Å²) in [6, 6.07) is 0. The van der Waals surface area contributed by atoms with Crippen LogP contribution in [0.4, 0.5) is 17.3 Å². The number of aromatic nitrogens is 2. The molecule has 10 nitrogen and oxygen atoms in total. The highest BCUT2D eigenvalue weighted by Gasteiger charge is 2.56. The highest BCUT2D eigenvalue weighted by Crippen LogP contribution is 2.58. The zero-order chi connectivity index (χ0) is 15.5. The predicted molar refractivity (Wildman–Crippen MR) is 80.7 cm³/mol. The van der Waals surface area contributed by atoms with Gasteiger partial charge in [-0.2, -0.15) is 14.3 Å². The summed E-state index contributed by atoms with van der Waals surface area (Å²) in [6.07, 6.45) is 0.659. The maximum atomic E-state index is 9.51. The van der Waals surface area contributed by atoms with Gasteiger partial charge >= 0.3 is 8.17 Å². The third-order valence-electron chi connectivity index (χ3n) is 3.78. The molecule has 3 aliphatic heterocycles. The number of nitrogens with two attached hydrogens (primary N) is 1. The van der Waals surface area contributed by atoms with E-state index < -0.39 is 14.3 Å². The highest BCUT2D eigenvalue weighted by atomic mass is 79.9. The number of nitrogen functional groups attached to an aromatic ring is 1. The van der Waals surface area contributed by atoms with Crippen molar-refractivity contribution >= 4 is 41.4 Å². The lowest BCUT2D eigenvalue weighted by molar-refractivity contribution is -0.0629. The molecular weight excluding hydrogens is 381 g/mol. The average Bonchev–Trinajstić information content (AvgIpc) is 2.98. The van der Waals surface area contributed by atoms with Crippen LogP contribution in [-0.4, -0.2) is 49.9 Å². The van der Waals surface area contributed by atoms with E-state index in [0.29, 0.717) is 23.7 Å². The van der Waals surface area contributed by atoms with Gasteiger partial charge in [0.2, 0.25) is 0 Å². The number of anilines is 3. The van der Waals surface area contributed by atoms with Gasteiger partial charge in [0.25, 0.3) is 0 Å². The Morgan fingerprint density at radius 3 is 3.05 bits per heavy atom. The Balaban J connectivity index is 1.58. The Morgan fingerprint density at radius 2 is 2.23 bits per heavy atom. The fraction of sp³-hybridized carbons (Fsp3) is 0.600. The van der Waals surface area contributed by atoms with Crippen LogP contribution in [0.5, 0.6) is 0 Å². The van der Waals surface area contributed by atoms with E-state index in [0.717, 1.165) is 0 Å². The van der Waals surface area contributed by atoms with Crippen LogP contribution in [0.15, 0.2) is 6.33 Å². The number of hydrogen-bond acceptors (Lipinski definition) is 10. The lowest BCUT2D eigenvalue weighted by Gasteiger charge is -2.27. The molecule has 4 rings (SSSR count). The molecule has 3 unspecified atom stereocenters. The quantitative estimate of drug-likeness (QED) is 0.296. The molecule has 2 fully saturated rings. The zero-order valence-corrected chi connectivity index (χ0v) is 13.6. The maximum Gasteiger partial charge on any atom is 0.570 e. The van der Waals surface area contributed by atoms with Crippen molar-refractivity contribution in [3.05, 3.63) is 6.33 Å². The van der Waals surface area contributed by atoms with E-state index in [-0.39, 0.29) is 24.0 Å². The molecule has 0 bridgehead atoms. The van der Waals surface area contributed by atoms with Crippen molar-refractivity contribution in [2.45, 2.75) is 29.9 Å². The molecule has 4 heterocycles. The van der Waals surface area contributed by atoms with Gasteiger partial charge in [0.15, 0.2) is 16.7 Å². The lowest BCUT2D eigenvalue weighted by Crippen LogP contribution is -2.40. The van der Waals surface area contributed by atoms with Crippen molar-refractivity contribution < 1.29 is 23.6 Å². The first-order chi connectivity index (χ1) is 10.4. The fourth-order valence-corrected chi connectivity index (χ4v) is 4.47. The number of halogens is 1. The molecule has 22 heavy (non-hydrogen) atoms. The summed E-state index contributed by atoms with van der Waals surface area (Å²) >= 11 is 3.50. The first kappa shape index (κ1) is 14.8. The van der Waals surface area contributed by atoms with Crippen LogP contribution in [0, 0.1) is 0 Å². The molecule has 3 aliphatic rings. The topological polar surface area (TPSA) is 135 Å². The smallest absolute Gasteiger partial charge is 0.382 e. The van der Waals surface area contributed by atoms with E-state index in [4.69, 9.17) is 19.5 Å². The summed E-state index contributed by atoms with van der Waals surface area (Å²) in [5.74, 6) is 0.968. The summed E-state index contributed by atoms with van der Waals surface area (Å²) in [7, 11) is -3.73. The van der Waals surface area contributed by atoms with E-state index >= 15 is 0 Å². The fourth-order valence-electron chi connectivity index (χ4n) is 2.81. The minimum Gasteiger partial charge on any atom is -0.382 e. The molecular formula is C10H14BrN5O5P+. The summed E-state index contributed by atoms with van der Waals surface area (Å²) < 4.78 is 16.0. The van der Waals surface area contributed by atoms with Gasteiger partial charge < -0.3 is 15.8 Å². The van der Waals surface area contributed by atoms with Gasteiger partial charge in [-0.05, 0) is 15.9 Å². The molecule has 2 saturated heterocycles. The van der Waals surface area contributed by atoms with Crippen LogP contribution in [0.3, 0.4) is 0 Å². The summed E-state index contributed by atoms with van der Waals surface area (Å²) in [5, 5.41) is 2.87. The average molecular weight is 395 g/mol. The Hall–Kier alpha value is -0.810. The first-order valence-electron chi connectivity index (χ1n) is 6.57. The molecule has 0 aliphatic carbocycles. The number of nitrogens with zero attached hydrogens (tertiary/aromatic N) is 3. The molecule has 5 N–H and O–H groups in total. The van der Waals surface area contributed by atoms with Gasteiger partial charge in [-0.3, -0.25) is 4.90 Å². The minimum atomic E-state index is -3.73. The molecule has 0 spiro atoms. The third-order valence-corrected chi connectivity index (χ3v) is 5.48. The van der Waals surface area contributed by atoms with Crippen LogP contribution in [0.25, 0.3) is 0 Å². The number of hydrogen-bond donors (Lipinski definition) is 4. The largest absolute Gasteiger partial charge is 0.570 e. The van der Waals surface area contributed by atoms with E-state index in [1.165, 1.54) is 6.33 Å². The number of alkyl halides is 1. The van der Waals surface area contributed by atoms with Crippen LogP contribution in [-0.2, 0) is 13.8 Å². The van der Waals surface area contributed by atoms with Gasteiger partial charge in [0, 0.05) is 6.42 Å². The van der Waals surface area contributed by atoms with Gasteiger partial charge in [-0.1, -0.05) is 0 Å². The molecule has 1 aromatic rings. The van der Waals surface area contributed by atoms with Gasteiger partial charge in [-0.25, -0.2) is 9.97 Å². The van der Waals surface area contributed by atoms with Crippen LogP contribution >= 0.6 is 24.1 Å². The zero-order valence-electron chi connectivity index (χ0n) is 11.2. The second-order valence-electron chi connectivity index (χ2n) is 5.14. The molecule has 4 atom stereocenters. The third kappa shape index (κ3) is 2.33. The Kier molecular flexibility index (Phi) is 3.42. The number of ether oxygens (including phenoxy) is 1. The Labute approximate surface area is 134 Å². The molecule has 0 aromatic carbocycles. The van der Waals surface area contributed by atoms with Crippen molar-refractivity contribution in [3.8, 4) is 0 Å². The molecule has 0 saturated carbocycles. The normalized spacial score (nSPS) is 35.9. The Morgan fingerprint density at radius 1 is 1.41 bits per heavy atom. The molecule has 0 amide bonds.